The molecular formula is C13H22ClN4O3S-. The Balaban J connectivity index is 0.00000441. The molecule has 0 aromatic carbocycles. The van der Waals surface area contributed by atoms with Crippen molar-refractivity contribution in [2.24, 2.45) is 4.99 Å². The van der Waals surface area contributed by atoms with Crippen LogP contribution in [0, 0.1) is 10.1 Å². The van der Waals surface area contributed by atoms with Crippen LogP contribution in [0.4, 0.5) is 0 Å². The van der Waals surface area contributed by atoms with Gasteiger partial charge in [-0.05, 0) is 26.2 Å². The van der Waals surface area contributed by atoms with E-state index < -0.39 is 4.92 Å². The lowest BCUT2D eigenvalue weighted by molar-refractivity contribution is -0.463. The molecule has 7 nitrogen and oxygen atoms in total. The minimum Gasteiger partial charge on any atom is -1.00 e. The Hall–Kier alpha value is -1.25. The van der Waals surface area contributed by atoms with Gasteiger partial charge in [-0.1, -0.05) is 0 Å². The predicted molar refractivity (Wildman–Crippen MR) is 85.5 cm³/mol. The van der Waals surface area contributed by atoms with Crippen molar-refractivity contribution >= 4 is 17.6 Å². The average molecular weight is 350 g/mol. The van der Waals surface area contributed by atoms with E-state index in [0.717, 1.165) is 29.6 Å². The second kappa shape index (κ2) is 11.3. The maximum Gasteiger partial charge on any atom is 0.259 e. The third kappa shape index (κ3) is 8.91. The molecular weight excluding hydrogens is 328 g/mol. The summed E-state index contributed by atoms with van der Waals surface area (Å²) < 4.78 is 5.70. The van der Waals surface area contributed by atoms with Gasteiger partial charge in [-0.25, -0.2) is 0 Å². The lowest BCUT2D eigenvalue weighted by atomic mass is 10.4. The van der Waals surface area contributed by atoms with Gasteiger partial charge in [0.25, 0.3) is 6.54 Å². The maximum absolute atomic E-state index is 10.4. The molecule has 0 bridgehead atoms. The monoisotopic (exact) mass is 349 g/mol. The van der Waals surface area contributed by atoms with Crippen molar-refractivity contribution in [2.75, 3.05) is 40.0 Å². The summed E-state index contributed by atoms with van der Waals surface area (Å²) >= 11 is 1.72. The summed E-state index contributed by atoms with van der Waals surface area (Å²) in [4.78, 5) is 15.9. The van der Waals surface area contributed by atoms with E-state index in [1.807, 2.05) is 26.2 Å². The van der Waals surface area contributed by atoms with E-state index in [1.54, 1.807) is 18.8 Å². The quantitative estimate of drug-likeness (QED) is 0.191. The van der Waals surface area contributed by atoms with Crippen molar-refractivity contribution in [2.45, 2.75) is 12.3 Å². The molecule has 0 aliphatic heterocycles. The third-order valence-electron chi connectivity index (χ3n) is 2.56. The molecule has 0 saturated carbocycles. The van der Waals surface area contributed by atoms with Crippen LogP contribution in [-0.4, -0.2) is 55.6 Å². The number of nitrogens with one attached hydrogen (secondary N) is 1. The lowest BCUT2D eigenvalue weighted by Gasteiger charge is -2.06. The summed E-state index contributed by atoms with van der Waals surface area (Å²) in [6.45, 7) is 1.19. The molecule has 126 valence electrons. The molecule has 0 fully saturated rings. The number of halogens is 1. The predicted octanol–water partition coefficient (Wildman–Crippen LogP) is -1.53. The van der Waals surface area contributed by atoms with Crippen LogP contribution in [0.3, 0.4) is 0 Å². The van der Waals surface area contributed by atoms with Crippen molar-refractivity contribution in [1.29, 1.82) is 0 Å². The van der Waals surface area contributed by atoms with Crippen LogP contribution in [-0.2, 0) is 12.3 Å². The van der Waals surface area contributed by atoms with Gasteiger partial charge >= 0.3 is 0 Å². The van der Waals surface area contributed by atoms with Crippen LogP contribution in [0.15, 0.2) is 21.5 Å². The van der Waals surface area contributed by atoms with Crippen LogP contribution < -0.4 is 17.7 Å². The van der Waals surface area contributed by atoms with Gasteiger partial charge in [0.15, 0.2) is 5.84 Å². The zero-order valence-corrected chi connectivity index (χ0v) is 14.6. The first-order valence-corrected chi connectivity index (χ1v) is 7.78. The number of furan rings is 1. The van der Waals surface area contributed by atoms with Crippen LogP contribution in [0.25, 0.3) is 0 Å². The van der Waals surface area contributed by atoms with E-state index in [9.17, 15) is 10.1 Å². The summed E-state index contributed by atoms with van der Waals surface area (Å²) in [5.41, 5.74) is 0. The lowest BCUT2D eigenvalue weighted by Crippen LogP contribution is -3.00. The Morgan fingerprint density at radius 1 is 1.45 bits per heavy atom. The first-order chi connectivity index (χ1) is 10.0. The molecule has 0 atom stereocenters. The zero-order valence-electron chi connectivity index (χ0n) is 13.0. The Kier molecular flexibility index (Phi) is 10.7. The fourth-order valence-corrected chi connectivity index (χ4v) is 2.41. The highest BCUT2D eigenvalue weighted by atomic mass is 35.5. The molecule has 1 aromatic heterocycles. The molecule has 1 aromatic rings. The van der Waals surface area contributed by atoms with Gasteiger partial charge in [-0.15, -0.1) is 0 Å². The minimum atomic E-state index is -0.391. The van der Waals surface area contributed by atoms with Crippen LogP contribution >= 0.6 is 11.8 Å². The number of hydrogen-bond acceptors (Lipinski definition) is 6. The van der Waals surface area contributed by atoms with E-state index in [4.69, 9.17) is 4.42 Å². The van der Waals surface area contributed by atoms with Crippen LogP contribution in [0.5, 0.6) is 0 Å². The van der Waals surface area contributed by atoms with E-state index in [0.29, 0.717) is 12.4 Å². The highest BCUT2D eigenvalue weighted by Gasteiger charge is 2.06. The number of rotatable bonds is 9. The number of aliphatic imine (C=N–C) groups is 1. The van der Waals surface area contributed by atoms with Crippen molar-refractivity contribution < 1.29 is 21.7 Å². The molecule has 0 radical (unpaired) electrons. The van der Waals surface area contributed by atoms with Gasteiger partial charge < -0.3 is 27.0 Å². The highest BCUT2D eigenvalue weighted by Crippen LogP contribution is 2.15. The molecule has 0 unspecified atom stereocenters. The number of nitrogens with zero attached hydrogens (tertiary/aromatic N) is 3. The van der Waals surface area contributed by atoms with Crippen molar-refractivity contribution in [1.82, 2.24) is 10.2 Å². The summed E-state index contributed by atoms with van der Waals surface area (Å²) in [6, 6.07) is 3.98. The van der Waals surface area contributed by atoms with Gasteiger partial charge in [0.1, 0.15) is 11.5 Å². The molecule has 0 amide bonds. The fourth-order valence-electron chi connectivity index (χ4n) is 1.66. The molecule has 22 heavy (non-hydrogen) atoms. The van der Waals surface area contributed by atoms with Crippen LogP contribution in [0.2, 0.25) is 0 Å². The molecule has 0 aliphatic carbocycles. The Labute approximate surface area is 141 Å². The Bertz CT molecular complexity index is 480. The summed E-state index contributed by atoms with van der Waals surface area (Å²) in [5.74, 6) is 3.95. The van der Waals surface area contributed by atoms with Crippen molar-refractivity contribution in [3.05, 3.63) is 33.8 Å². The summed E-state index contributed by atoms with van der Waals surface area (Å²) in [6.07, 6.45) is 0. The third-order valence-corrected chi connectivity index (χ3v) is 3.54. The van der Waals surface area contributed by atoms with Crippen LogP contribution in [0.1, 0.15) is 11.5 Å². The fraction of sp³-hybridized carbons (Fsp3) is 0.615. The molecule has 1 rings (SSSR count). The topological polar surface area (TPSA) is 83.9 Å². The minimum absolute atomic E-state index is 0. The van der Waals surface area contributed by atoms with Crippen molar-refractivity contribution in [3.63, 3.8) is 0 Å². The van der Waals surface area contributed by atoms with Gasteiger partial charge in [0.2, 0.25) is 0 Å². The summed E-state index contributed by atoms with van der Waals surface area (Å²) in [5, 5.41) is 13.4. The van der Waals surface area contributed by atoms with Gasteiger partial charge in [0.05, 0.1) is 12.3 Å². The second-order valence-electron chi connectivity index (χ2n) is 4.75. The first-order valence-electron chi connectivity index (χ1n) is 6.62. The zero-order chi connectivity index (χ0) is 15.7. The molecule has 0 spiro atoms. The Morgan fingerprint density at radius 2 is 2.14 bits per heavy atom. The van der Waals surface area contributed by atoms with E-state index >= 15 is 0 Å². The molecule has 0 saturated heterocycles. The number of amidine groups is 1. The van der Waals surface area contributed by atoms with Crippen molar-refractivity contribution in [3.8, 4) is 0 Å². The van der Waals surface area contributed by atoms with Gasteiger partial charge in [-0.2, -0.15) is 11.8 Å². The number of hydrogen-bond donors (Lipinski definition) is 1. The summed E-state index contributed by atoms with van der Waals surface area (Å²) in [7, 11) is 5.55. The van der Waals surface area contributed by atoms with Gasteiger partial charge in [0, 0.05) is 24.3 Å². The van der Waals surface area contributed by atoms with E-state index in [-0.39, 0.29) is 19.0 Å². The normalized spacial score (nSPS) is 11.4. The molecule has 0 aliphatic rings. The molecule has 1 N–H and O–H groups in total. The SMILES string of the molecule is CN=C(C[N+](=O)[O-])NCCSCc1ccc(CN(C)C)o1.[Cl-]. The number of nitro groups is 1. The molecule has 9 heteroatoms. The largest absolute Gasteiger partial charge is 1.00 e. The standard InChI is InChI=1S/C13H22N4O3S.ClH/c1-14-13(9-17(18)19)15-6-7-21-10-12-5-4-11(20-12)8-16(2)3;/h4-5H,6-10H2,1-3H3,(H,14,15);1H/p-1. The smallest absolute Gasteiger partial charge is 0.259 e. The number of thioether (sulfide) groups is 1. The van der Waals surface area contributed by atoms with Gasteiger partial charge in [-0.3, -0.25) is 15.1 Å². The van der Waals surface area contributed by atoms with E-state index in [2.05, 4.69) is 15.2 Å². The highest BCUT2D eigenvalue weighted by molar-refractivity contribution is 7.98. The van der Waals surface area contributed by atoms with E-state index in [1.165, 1.54) is 0 Å². The molecule has 1 heterocycles. The maximum atomic E-state index is 10.4. The second-order valence-corrected chi connectivity index (χ2v) is 5.85. The Morgan fingerprint density at radius 3 is 2.73 bits per heavy atom. The first kappa shape index (κ1) is 20.8. The average Bonchev–Trinajstić information content (AvgIpc) is 2.83.